The Kier molecular flexibility index (Phi) is 4.44. The maximum Gasteiger partial charge on any atom is 0.0507 e. The van der Waals surface area contributed by atoms with E-state index in [1.807, 2.05) is 18.3 Å². The highest BCUT2D eigenvalue weighted by Gasteiger charge is 1.97. The van der Waals surface area contributed by atoms with Crippen LogP contribution in [0, 0.1) is 0 Å². The highest BCUT2D eigenvalue weighted by atomic mass is 79.9. The van der Waals surface area contributed by atoms with Crippen LogP contribution in [0.15, 0.2) is 56.4 Å². The molecule has 1 heterocycles. The van der Waals surface area contributed by atoms with Gasteiger partial charge in [-0.1, -0.05) is 15.9 Å². The van der Waals surface area contributed by atoms with Crippen molar-refractivity contribution in [2.24, 2.45) is 0 Å². The fourth-order valence-electron chi connectivity index (χ4n) is 1.18. The minimum absolute atomic E-state index is 0.898. The smallest absolute Gasteiger partial charge is 0.0507 e. The molecule has 0 saturated heterocycles. The predicted molar refractivity (Wildman–Crippen MR) is 75.6 cm³/mol. The quantitative estimate of drug-likeness (QED) is 0.724. The fourth-order valence-corrected chi connectivity index (χ4v) is 2.49. The Bertz CT molecular complexity index is 408. The van der Waals surface area contributed by atoms with E-state index in [0.717, 1.165) is 20.4 Å². The molecule has 1 aromatic heterocycles. The molecule has 1 nitrogen and oxygen atoms in total. The maximum absolute atomic E-state index is 4.33. The van der Waals surface area contributed by atoms with Gasteiger partial charge in [0.25, 0.3) is 0 Å². The summed E-state index contributed by atoms with van der Waals surface area (Å²) >= 11 is 8.59. The highest BCUT2D eigenvalue weighted by molar-refractivity contribution is 9.10. The van der Waals surface area contributed by atoms with Gasteiger partial charge in [0.15, 0.2) is 0 Å². The third kappa shape index (κ3) is 3.61. The summed E-state index contributed by atoms with van der Waals surface area (Å²) in [6, 6.07) is 12.4. The van der Waals surface area contributed by atoms with Gasteiger partial charge in [-0.25, -0.2) is 0 Å². The molecule has 0 amide bonds. The molecular formula is C12H9Br2NS. The van der Waals surface area contributed by atoms with Gasteiger partial charge in [-0.2, -0.15) is 0 Å². The van der Waals surface area contributed by atoms with E-state index in [-0.39, 0.29) is 0 Å². The van der Waals surface area contributed by atoms with Crippen LogP contribution >= 0.6 is 43.6 Å². The minimum Gasteiger partial charge on any atom is -0.259 e. The lowest BCUT2D eigenvalue weighted by Gasteiger charge is -2.01. The Balaban J connectivity index is 1.97. The molecular weight excluding hydrogens is 350 g/mol. The molecule has 0 radical (unpaired) electrons. The molecule has 0 spiro atoms. The van der Waals surface area contributed by atoms with Crippen molar-refractivity contribution in [1.29, 1.82) is 0 Å². The lowest BCUT2D eigenvalue weighted by molar-refractivity contribution is 1.16. The molecule has 1 aromatic carbocycles. The summed E-state index contributed by atoms with van der Waals surface area (Å²) in [5, 5.41) is 0. The first kappa shape index (κ1) is 12.1. The van der Waals surface area contributed by atoms with E-state index < -0.39 is 0 Å². The molecule has 0 saturated carbocycles. The number of thioether (sulfide) groups is 1. The van der Waals surface area contributed by atoms with E-state index in [1.165, 1.54) is 4.90 Å². The van der Waals surface area contributed by atoms with E-state index in [2.05, 4.69) is 61.1 Å². The van der Waals surface area contributed by atoms with E-state index in [1.54, 1.807) is 11.8 Å². The van der Waals surface area contributed by atoms with E-state index in [4.69, 9.17) is 0 Å². The van der Waals surface area contributed by atoms with Crippen LogP contribution in [0.3, 0.4) is 0 Å². The van der Waals surface area contributed by atoms with Crippen LogP contribution < -0.4 is 0 Å². The normalized spacial score (nSPS) is 10.4. The van der Waals surface area contributed by atoms with Gasteiger partial charge in [-0.3, -0.25) is 4.98 Å². The molecule has 0 atom stereocenters. The molecule has 2 rings (SSSR count). The van der Waals surface area contributed by atoms with Crippen molar-refractivity contribution >= 4 is 43.6 Å². The van der Waals surface area contributed by atoms with Gasteiger partial charge in [0, 0.05) is 25.8 Å². The summed E-state index contributed by atoms with van der Waals surface area (Å²) in [5.41, 5.74) is 1.09. The lowest BCUT2D eigenvalue weighted by Crippen LogP contribution is -1.85. The SMILES string of the molecule is Brc1ccc(SCc2ccc(Br)cn2)cc1. The lowest BCUT2D eigenvalue weighted by atomic mass is 10.4. The first-order valence-corrected chi connectivity index (χ1v) is 7.30. The second-order valence-electron chi connectivity index (χ2n) is 3.21. The predicted octanol–water partition coefficient (Wildman–Crippen LogP) is 4.90. The number of hydrogen-bond acceptors (Lipinski definition) is 2. The van der Waals surface area contributed by atoms with E-state index in [0.29, 0.717) is 0 Å². The zero-order valence-electron chi connectivity index (χ0n) is 8.36. The van der Waals surface area contributed by atoms with Crippen molar-refractivity contribution in [3.63, 3.8) is 0 Å². The molecule has 0 aliphatic heterocycles. The standard InChI is InChI=1S/C12H9Br2NS/c13-9-2-5-12(6-3-9)16-8-11-4-1-10(14)7-15-11/h1-7H,8H2. The van der Waals surface area contributed by atoms with E-state index >= 15 is 0 Å². The molecule has 82 valence electrons. The highest BCUT2D eigenvalue weighted by Crippen LogP contribution is 2.23. The molecule has 0 bridgehead atoms. The Hall–Kier alpha value is -0.320. The van der Waals surface area contributed by atoms with Crippen LogP contribution in [-0.4, -0.2) is 4.98 Å². The first-order valence-electron chi connectivity index (χ1n) is 4.73. The summed E-state index contributed by atoms with van der Waals surface area (Å²) in [7, 11) is 0. The Morgan fingerprint density at radius 3 is 2.25 bits per heavy atom. The zero-order valence-corrected chi connectivity index (χ0v) is 12.3. The van der Waals surface area contributed by atoms with Gasteiger partial charge < -0.3 is 0 Å². The Morgan fingerprint density at radius 1 is 0.938 bits per heavy atom. The average molecular weight is 359 g/mol. The van der Waals surface area contributed by atoms with Crippen LogP contribution in [0.1, 0.15) is 5.69 Å². The molecule has 0 N–H and O–H groups in total. The topological polar surface area (TPSA) is 12.9 Å². The zero-order chi connectivity index (χ0) is 11.4. The number of rotatable bonds is 3. The summed E-state index contributed by atoms with van der Waals surface area (Å²) in [6.07, 6.45) is 1.83. The number of nitrogens with zero attached hydrogens (tertiary/aromatic N) is 1. The molecule has 2 aromatic rings. The second-order valence-corrected chi connectivity index (χ2v) is 6.09. The van der Waals surface area contributed by atoms with Crippen LogP contribution in [0.5, 0.6) is 0 Å². The summed E-state index contributed by atoms with van der Waals surface area (Å²) in [6.45, 7) is 0. The molecule has 16 heavy (non-hydrogen) atoms. The minimum atomic E-state index is 0.898. The molecule has 0 fully saturated rings. The van der Waals surface area contributed by atoms with Gasteiger partial charge in [-0.05, 0) is 52.3 Å². The number of pyridine rings is 1. The molecule has 0 unspecified atom stereocenters. The van der Waals surface area contributed by atoms with Crippen molar-refractivity contribution in [2.75, 3.05) is 0 Å². The van der Waals surface area contributed by atoms with Crippen LogP contribution in [-0.2, 0) is 5.75 Å². The van der Waals surface area contributed by atoms with Crippen molar-refractivity contribution in [3.8, 4) is 0 Å². The number of halogens is 2. The molecule has 4 heteroatoms. The summed E-state index contributed by atoms with van der Waals surface area (Å²) in [5.74, 6) is 0.898. The van der Waals surface area contributed by atoms with Gasteiger partial charge >= 0.3 is 0 Å². The number of benzene rings is 1. The van der Waals surface area contributed by atoms with Gasteiger partial charge in [0.2, 0.25) is 0 Å². The number of hydrogen-bond donors (Lipinski definition) is 0. The molecule has 0 aliphatic rings. The average Bonchev–Trinajstić information content (AvgIpc) is 2.30. The van der Waals surface area contributed by atoms with Crippen LogP contribution in [0.2, 0.25) is 0 Å². The van der Waals surface area contributed by atoms with Crippen LogP contribution in [0.25, 0.3) is 0 Å². The maximum atomic E-state index is 4.33. The summed E-state index contributed by atoms with van der Waals surface area (Å²) in [4.78, 5) is 5.59. The van der Waals surface area contributed by atoms with Gasteiger partial charge in [0.1, 0.15) is 0 Å². The second kappa shape index (κ2) is 5.84. The van der Waals surface area contributed by atoms with Crippen molar-refractivity contribution < 1.29 is 0 Å². The van der Waals surface area contributed by atoms with Crippen molar-refractivity contribution in [3.05, 3.63) is 57.2 Å². The van der Waals surface area contributed by atoms with Crippen molar-refractivity contribution in [1.82, 2.24) is 4.98 Å². The monoisotopic (exact) mass is 357 g/mol. The Morgan fingerprint density at radius 2 is 1.62 bits per heavy atom. The fraction of sp³-hybridized carbons (Fsp3) is 0.0833. The first-order chi connectivity index (χ1) is 7.74. The number of aromatic nitrogens is 1. The van der Waals surface area contributed by atoms with Crippen molar-refractivity contribution in [2.45, 2.75) is 10.6 Å². The van der Waals surface area contributed by atoms with E-state index in [9.17, 15) is 0 Å². The van der Waals surface area contributed by atoms with Gasteiger partial charge in [-0.15, -0.1) is 11.8 Å². The van der Waals surface area contributed by atoms with Gasteiger partial charge in [0.05, 0.1) is 5.69 Å². The third-order valence-electron chi connectivity index (χ3n) is 1.99. The summed E-state index contributed by atoms with van der Waals surface area (Å²) < 4.78 is 2.13. The largest absolute Gasteiger partial charge is 0.259 e. The Labute approximate surface area is 116 Å². The molecule has 0 aliphatic carbocycles. The van der Waals surface area contributed by atoms with Crippen LogP contribution in [0.4, 0.5) is 0 Å². The third-order valence-corrected chi connectivity index (χ3v) is 4.03.